The van der Waals surface area contributed by atoms with Crippen LogP contribution in [-0.4, -0.2) is 34.7 Å². The fraction of sp³-hybridized carbons (Fsp3) is 0.200. The number of nitrogens with zero attached hydrogens (tertiary/aromatic N) is 5. The van der Waals surface area contributed by atoms with Crippen molar-refractivity contribution in [3.63, 3.8) is 0 Å². The lowest BCUT2D eigenvalue weighted by Crippen LogP contribution is -2.14. The van der Waals surface area contributed by atoms with Gasteiger partial charge in [-0.3, -0.25) is 20.0 Å². The van der Waals surface area contributed by atoms with Gasteiger partial charge in [0.2, 0.25) is 0 Å². The van der Waals surface area contributed by atoms with Crippen LogP contribution in [0.4, 0.5) is 5.69 Å². The van der Waals surface area contributed by atoms with Gasteiger partial charge >= 0.3 is 0 Å². The predicted octanol–water partition coefficient (Wildman–Crippen LogP) is 6.12. The Morgan fingerprint density at radius 2 is 1.84 bits per heavy atom. The molecule has 156 valence electrons. The van der Waals surface area contributed by atoms with E-state index in [1.54, 1.807) is 36.2 Å². The van der Waals surface area contributed by atoms with Crippen LogP contribution in [0.25, 0.3) is 11.3 Å². The van der Waals surface area contributed by atoms with Crippen molar-refractivity contribution in [1.82, 2.24) is 9.99 Å². The van der Waals surface area contributed by atoms with Gasteiger partial charge in [-0.2, -0.15) is 5.10 Å². The third-order valence-electron chi connectivity index (χ3n) is 4.94. The molecule has 1 aliphatic heterocycles. The van der Waals surface area contributed by atoms with E-state index >= 15 is 0 Å². The average molecular weight is 428 g/mol. The molecule has 0 bridgehead atoms. The molecular weight excluding hydrogens is 402 g/mol. The molecule has 0 N–H and O–H groups in total. The van der Waals surface area contributed by atoms with Gasteiger partial charge < -0.3 is 0 Å². The number of pyridine rings is 1. The number of aliphatic imine (C=N–C) groups is 2. The molecule has 3 heterocycles. The minimum absolute atomic E-state index is 0.838. The molecule has 0 atom stereocenters. The number of aryl methyl sites for hydroxylation is 1. The number of aromatic nitrogens is 1. The van der Waals surface area contributed by atoms with Crippen LogP contribution >= 0.6 is 11.3 Å². The highest BCUT2D eigenvalue weighted by molar-refractivity contribution is 7.13. The first-order chi connectivity index (χ1) is 15.3. The van der Waals surface area contributed by atoms with Crippen LogP contribution in [0.5, 0.6) is 0 Å². The number of fused-ring (bicyclic) bond motifs is 1. The number of thiophene rings is 1. The predicted molar refractivity (Wildman–Crippen MR) is 132 cm³/mol. The summed E-state index contributed by atoms with van der Waals surface area (Å²) in [5, 5.41) is 8.96. The fourth-order valence-corrected chi connectivity index (χ4v) is 4.35. The Morgan fingerprint density at radius 3 is 2.68 bits per heavy atom. The van der Waals surface area contributed by atoms with Crippen molar-refractivity contribution < 1.29 is 0 Å². The minimum Gasteiger partial charge on any atom is -0.271 e. The first kappa shape index (κ1) is 20.9. The van der Waals surface area contributed by atoms with E-state index in [1.165, 1.54) is 5.56 Å². The van der Waals surface area contributed by atoms with E-state index in [-0.39, 0.29) is 0 Å². The highest BCUT2D eigenvalue weighted by atomic mass is 32.1. The maximum absolute atomic E-state index is 4.88. The van der Waals surface area contributed by atoms with E-state index < -0.39 is 0 Å². The number of hydrogen-bond donors (Lipinski definition) is 0. The maximum atomic E-state index is 4.88. The second kappa shape index (κ2) is 10.6. The Kier molecular flexibility index (Phi) is 7.13. The normalized spacial score (nSPS) is 16.3. The molecule has 31 heavy (non-hydrogen) atoms. The van der Waals surface area contributed by atoms with Crippen molar-refractivity contribution in [3.05, 3.63) is 82.9 Å². The van der Waals surface area contributed by atoms with Crippen molar-refractivity contribution in [2.24, 2.45) is 15.1 Å². The van der Waals surface area contributed by atoms with E-state index in [2.05, 4.69) is 50.7 Å². The van der Waals surface area contributed by atoms with Gasteiger partial charge in [-0.1, -0.05) is 36.4 Å². The highest BCUT2D eigenvalue weighted by Crippen LogP contribution is 2.38. The molecule has 0 saturated heterocycles. The van der Waals surface area contributed by atoms with Gasteiger partial charge in [0, 0.05) is 48.5 Å². The molecule has 0 saturated carbocycles. The molecule has 6 heteroatoms. The van der Waals surface area contributed by atoms with Crippen molar-refractivity contribution in [1.29, 1.82) is 0 Å². The van der Waals surface area contributed by atoms with Crippen LogP contribution < -0.4 is 0 Å². The molecule has 1 aromatic carbocycles. The molecule has 0 radical (unpaired) electrons. The lowest BCUT2D eigenvalue weighted by atomic mass is 10.1. The Hall–Kier alpha value is -3.38. The van der Waals surface area contributed by atoms with Gasteiger partial charge in [0.1, 0.15) is 0 Å². The van der Waals surface area contributed by atoms with Gasteiger partial charge in [-0.05, 0) is 43.9 Å². The van der Waals surface area contributed by atoms with Gasteiger partial charge in [0.15, 0.2) is 0 Å². The summed E-state index contributed by atoms with van der Waals surface area (Å²) in [5.41, 5.74) is 5.13. The van der Waals surface area contributed by atoms with Crippen LogP contribution in [0, 0.1) is 0 Å². The number of benzene rings is 1. The smallest absolute Gasteiger partial charge is 0.0923 e. The molecule has 0 aliphatic carbocycles. The Bertz CT molecular complexity index is 1100. The largest absolute Gasteiger partial charge is 0.271 e. The molecule has 1 aliphatic rings. The van der Waals surface area contributed by atoms with Crippen molar-refractivity contribution in [2.45, 2.75) is 26.2 Å². The van der Waals surface area contributed by atoms with E-state index in [1.807, 2.05) is 36.3 Å². The van der Waals surface area contributed by atoms with Crippen molar-refractivity contribution in [3.8, 4) is 11.3 Å². The molecule has 3 aromatic rings. The second-order valence-corrected chi connectivity index (χ2v) is 8.09. The second-order valence-electron chi connectivity index (χ2n) is 7.21. The summed E-state index contributed by atoms with van der Waals surface area (Å²) in [6.07, 6.45) is 12.2. The molecule has 0 amide bonds. The summed E-state index contributed by atoms with van der Waals surface area (Å²) in [7, 11) is 0. The first-order valence-electron chi connectivity index (χ1n) is 10.4. The summed E-state index contributed by atoms with van der Waals surface area (Å²) in [4.78, 5) is 14.5. The zero-order valence-electron chi connectivity index (χ0n) is 17.6. The van der Waals surface area contributed by atoms with E-state index in [4.69, 9.17) is 5.10 Å². The number of rotatable bonds is 6. The molecule has 0 fully saturated rings. The van der Waals surface area contributed by atoms with Crippen molar-refractivity contribution in [2.75, 3.05) is 6.54 Å². The maximum Gasteiger partial charge on any atom is 0.0923 e. The van der Waals surface area contributed by atoms with Crippen LogP contribution in [-0.2, 0) is 6.42 Å². The molecule has 0 unspecified atom stereocenters. The summed E-state index contributed by atoms with van der Waals surface area (Å²) in [5.74, 6) is 0. The summed E-state index contributed by atoms with van der Waals surface area (Å²) < 4.78 is 0. The number of hydrazone groups is 1. The van der Waals surface area contributed by atoms with Gasteiger partial charge in [0.25, 0.3) is 0 Å². The highest BCUT2D eigenvalue weighted by Gasteiger charge is 2.16. The molecular formula is C25H25N5S. The van der Waals surface area contributed by atoms with Crippen LogP contribution in [0.1, 0.15) is 30.2 Å². The third-order valence-corrected chi connectivity index (χ3v) is 6.02. The van der Waals surface area contributed by atoms with Gasteiger partial charge in [-0.15, -0.1) is 11.3 Å². The summed E-state index contributed by atoms with van der Waals surface area (Å²) >= 11 is 1.65. The third kappa shape index (κ3) is 5.61. The first-order valence-corrected chi connectivity index (χ1v) is 11.3. The zero-order chi connectivity index (χ0) is 21.3. The van der Waals surface area contributed by atoms with Gasteiger partial charge in [-0.25, -0.2) is 0 Å². The number of hydrogen-bond acceptors (Lipinski definition) is 6. The Balaban J connectivity index is 1.52. The lowest BCUT2D eigenvalue weighted by Gasteiger charge is -2.15. The van der Waals surface area contributed by atoms with Crippen molar-refractivity contribution >= 4 is 35.2 Å². The zero-order valence-corrected chi connectivity index (χ0v) is 18.4. The van der Waals surface area contributed by atoms with Crippen LogP contribution in [0.15, 0.2) is 87.6 Å². The van der Waals surface area contributed by atoms with Gasteiger partial charge in [0.05, 0.1) is 22.0 Å². The standard InChI is InChI=1S/C25H25N5S/c1-20-25-24(22(19-31-25)23-12-5-7-13-27-23)28-15-14-26-16-18-30(29-20)17-8-6-11-21-9-3-2-4-10-21/h2-5,7,9-10,12-16,18-19H,6,8,11,17H2,1H3/b18-16-,26-14?,28-15?,29-20-. The average Bonchev–Trinajstić information content (AvgIpc) is 3.22. The number of unbranched alkanes of at least 4 members (excludes halogenated alkanes) is 1. The fourth-order valence-electron chi connectivity index (χ4n) is 3.40. The Morgan fingerprint density at radius 1 is 0.968 bits per heavy atom. The quantitative estimate of drug-likeness (QED) is 0.445. The molecule has 4 rings (SSSR count). The SMILES string of the molecule is C/C1=N/N(CCCCc2ccccc2)/C=C\N=CC=Nc2c(-c3ccccn3)csc21. The molecule has 0 spiro atoms. The summed E-state index contributed by atoms with van der Waals surface area (Å²) in [6.45, 7) is 2.88. The minimum atomic E-state index is 0.838. The summed E-state index contributed by atoms with van der Waals surface area (Å²) in [6, 6.07) is 16.5. The van der Waals surface area contributed by atoms with E-state index in [0.29, 0.717) is 0 Å². The topological polar surface area (TPSA) is 53.2 Å². The van der Waals surface area contributed by atoms with E-state index in [9.17, 15) is 0 Å². The lowest BCUT2D eigenvalue weighted by molar-refractivity contribution is 0.385. The molecule has 5 nitrogen and oxygen atoms in total. The van der Waals surface area contributed by atoms with E-state index in [0.717, 1.165) is 53.3 Å². The van der Waals surface area contributed by atoms with Crippen LogP contribution in [0.2, 0.25) is 0 Å². The molecule has 2 aromatic heterocycles. The van der Waals surface area contributed by atoms with Crippen LogP contribution in [0.3, 0.4) is 0 Å². The monoisotopic (exact) mass is 427 g/mol. The Labute approximate surface area is 187 Å².